The minimum Gasteiger partial charge on any atom is -0.477 e. The fourth-order valence-corrected chi connectivity index (χ4v) is 3.03. The smallest absolute Gasteiger partial charge is 0.233 e. The number of aliphatic hydroxyl groups excluding tert-OH is 1. The highest BCUT2D eigenvalue weighted by atomic mass is 35.5. The monoisotopic (exact) mass is 400 g/mol. The molecule has 1 aromatic carbocycles. The summed E-state index contributed by atoms with van der Waals surface area (Å²) in [5, 5.41) is 23.5. The molecule has 2 N–H and O–H groups in total. The molecule has 148 valence electrons. The fraction of sp³-hybridized carbons (Fsp3) is 0.333. The number of nitrogens with zero attached hydrogens (tertiary/aromatic N) is 3. The van der Waals surface area contributed by atoms with Gasteiger partial charge in [0.25, 0.3) is 0 Å². The lowest BCUT2D eigenvalue weighted by Crippen LogP contribution is -2.35. The van der Waals surface area contributed by atoms with Gasteiger partial charge in [0, 0.05) is 36.8 Å². The molecule has 3 aromatic rings. The fourth-order valence-electron chi connectivity index (χ4n) is 3.03. The molecule has 0 fully saturated rings. The molecule has 0 saturated heterocycles. The Kier molecular flexibility index (Phi) is 7.82. The highest BCUT2D eigenvalue weighted by Gasteiger charge is 2.15. The van der Waals surface area contributed by atoms with Crippen molar-refractivity contribution < 1.29 is 9.84 Å². The van der Waals surface area contributed by atoms with E-state index in [1.165, 1.54) is 0 Å². The molecule has 1 atom stereocenters. The van der Waals surface area contributed by atoms with Crippen molar-refractivity contribution in [2.45, 2.75) is 39.1 Å². The zero-order chi connectivity index (χ0) is 19.2. The van der Waals surface area contributed by atoms with Crippen molar-refractivity contribution in [3.8, 4) is 11.9 Å². The number of aromatic nitrogens is 2. The van der Waals surface area contributed by atoms with Crippen LogP contribution in [0.5, 0.6) is 5.88 Å². The van der Waals surface area contributed by atoms with Crippen LogP contribution in [0.15, 0.2) is 48.8 Å². The Balaban J connectivity index is 0.00000280. The van der Waals surface area contributed by atoms with Crippen molar-refractivity contribution in [1.82, 2.24) is 14.9 Å². The van der Waals surface area contributed by atoms with Crippen molar-refractivity contribution in [3.63, 3.8) is 0 Å². The molecule has 0 aliphatic carbocycles. The van der Waals surface area contributed by atoms with Gasteiger partial charge in [0.2, 0.25) is 5.88 Å². The molecule has 0 radical (unpaired) electrons. The number of nitriles is 1. The Morgan fingerprint density at radius 3 is 2.68 bits per heavy atom. The van der Waals surface area contributed by atoms with E-state index < -0.39 is 6.23 Å². The summed E-state index contributed by atoms with van der Waals surface area (Å²) < 4.78 is 7.75. The number of hydrogen-bond acceptors (Lipinski definition) is 5. The van der Waals surface area contributed by atoms with Gasteiger partial charge in [-0.2, -0.15) is 5.26 Å². The van der Waals surface area contributed by atoms with E-state index in [2.05, 4.69) is 28.5 Å². The largest absolute Gasteiger partial charge is 0.477 e. The minimum absolute atomic E-state index is 0. The maximum absolute atomic E-state index is 9.89. The molecule has 1 unspecified atom stereocenters. The molecule has 0 spiro atoms. The third kappa shape index (κ3) is 5.23. The third-order valence-electron chi connectivity index (χ3n) is 4.23. The molecule has 0 amide bonds. The molecule has 0 bridgehead atoms. The second-order valence-electron chi connectivity index (χ2n) is 6.76. The second kappa shape index (κ2) is 10.1. The molecule has 28 heavy (non-hydrogen) atoms. The summed E-state index contributed by atoms with van der Waals surface area (Å²) in [5.41, 5.74) is 2.38. The predicted molar refractivity (Wildman–Crippen MR) is 112 cm³/mol. The summed E-state index contributed by atoms with van der Waals surface area (Å²) in [5.74, 6) is 0.301. The molecule has 0 aliphatic heterocycles. The highest BCUT2D eigenvalue weighted by molar-refractivity contribution is 5.86. The van der Waals surface area contributed by atoms with Crippen molar-refractivity contribution >= 4 is 23.3 Å². The van der Waals surface area contributed by atoms with Crippen molar-refractivity contribution in [3.05, 3.63) is 59.9 Å². The molecule has 6 nitrogen and oxygen atoms in total. The molecule has 2 aromatic heterocycles. The molecule has 3 rings (SSSR count). The molecule has 0 aliphatic rings. The number of aliphatic hydroxyl groups is 1. The van der Waals surface area contributed by atoms with Crippen molar-refractivity contribution in [2.75, 3.05) is 6.61 Å². The molecular weight excluding hydrogens is 376 g/mol. The predicted octanol–water partition coefficient (Wildman–Crippen LogP) is 3.46. The van der Waals surface area contributed by atoms with Gasteiger partial charge >= 0.3 is 0 Å². The van der Waals surface area contributed by atoms with E-state index in [9.17, 15) is 10.4 Å². The summed E-state index contributed by atoms with van der Waals surface area (Å²) in [4.78, 5) is 4.30. The van der Waals surface area contributed by atoms with Crippen LogP contribution < -0.4 is 10.1 Å². The van der Waals surface area contributed by atoms with Gasteiger partial charge < -0.3 is 14.4 Å². The summed E-state index contributed by atoms with van der Waals surface area (Å²) in [6.45, 7) is 4.87. The van der Waals surface area contributed by atoms with Gasteiger partial charge in [0.05, 0.1) is 12.1 Å². The molecule has 7 heteroatoms. The summed E-state index contributed by atoms with van der Waals surface area (Å²) >= 11 is 0. The third-order valence-corrected chi connectivity index (χ3v) is 4.23. The van der Waals surface area contributed by atoms with Crippen LogP contribution in [0.4, 0.5) is 0 Å². The zero-order valence-electron chi connectivity index (χ0n) is 16.0. The number of hydrogen-bond donors (Lipinski definition) is 2. The van der Waals surface area contributed by atoms with E-state index in [1.807, 2.05) is 48.9 Å². The maximum atomic E-state index is 9.89. The van der Waals surface area contributed by atoms with Gasteiger partial charge in [-0.3, -0.25) is 5.32 Å². The zero-order valence-corrected chi connectivity index (χ0v) is 16.8. The molecule has 2 heterocycles. The summed E-state index contributed by atoms with van der Waals surface area (Å²) in [7, 11) is 0. The van der Waals surface area contributed by atoms with Gasteiger partial charge in [-0.15, -0.1) is 12.4 Å². The average Bonchev–Trinajstić information content (AvgIpc) is 3.05. The number of pyridine rings is 1. The van der Waals surface area contributed by atoms with Crippen LogP contribution >= 0.6 is 12.4 Å². The normalized spacial score (nSPS) is 11.8. The van der Waals surface area contributed by atoms with Gasteiger partial charge in [0.1, 0.15) is 17.9 Å². The van der Waals surface area contributed by atoms with E-state index in [4.69, 9.17) is 4.74 Å². The van der Waals surface area contributed by atoms with Gasteiger partial charge in [-0.05, 0) is 25.5 Å². The standard InChI is InChI=1S/C21H24N4O2.ClH/c1-15(2)24-19(26)9-11-27-21-18(12-22)20-17(13-23-21)8-10-25(20)14-16-6-4-3-5-7-16;/h3-8,10,13,15,19,24,26H,9,11,14H2,1-2H3;1H. The number of fused-ring (bicyclic) bond motifs is 1. The van der Waals surface area contributed by atoms with Crippen LogP contribution in [0.3, 0.4) is 0 Å². The first-order chi connectivity index (χ1) is 13.1. The lowest BCUT2D eigenvalue weighted by Gasteiger charge is -2.16. The first-order valence-corrected chi connectivity index (χ1v) is 9.07. The van der Waals surface area contributed by atoms with Gasteiger partial charge in [-0.25, -0.2) is 4.98 Å². The lowest BCUT2D eigenvalue weighted by molar-refractivity contribution is 0.0986. The first kappa shape index (κ1) is 21.7. The number of rotatable bonds is 8. The second-order valence-corrected chi connectivity index (χ2v) is 6.76. The van der Waals surface area contributed by atoms with E-state index in [0.717, 1.165) is 16.5 Å². The van der Waals surface area contributed by atoms with Crippen LogP contribution in [0.1, 0.15) is 31.4 Å². The van der Waals surface area contributed by atoms with E-state index in [1.54, 1.807) is 6.20 Å². The van der Waals surface area contributed by atoms with E-state index in [0.29, 0.717) is 24.4 Å². The number of benzene rings is 1. The van der Waals surface area contributed by atoms with E-state index in [-0.39, 0.29) is 25.1 Å². The van der Waals surface area contributed by atoms with Crippen LogP contribution in [-0.4, -0.2) is 33.5 Å². The number of ether oxygens (including phenoxy) is 1. The summed E-state index contributed by atoms with van der Waals surface area (Å²) in [6.07, 6.45) is 3.44. The van der Waals surface area contributed by atoms with Gasteiger partial charge in [-0.1, -0.05) is 30.3 Å². The van der Waals surface area contributed by atoms with Crippen LogP contribution in [0.25, 0.3) is 10.9 Å². The quantitative estimate of drug-likeness (QED) is 0.566. The Bertz CT molecular complexity index is 935. The minimum atomic E-state index is -0.652. The lowest BCUT2D eigenvalue weighted by atomic mass is 10.2. The summed E-state index contributed by atoms with van der Waals surface area (Å²) in [6, 6.07) is 14.5. The molecule has 0 saturated carbocycles. The van der Waals surface area contributed by atoms with Crippen molar-refractivity contribution in [1.29, 1.82) is 5.26 Å². The molecular formula is C21H25ClN4O2. The number of nitrogens with one attached hydrogen (secondary N) is 1. The first-order valence-electron chi connectivity index (χ1n) is 9.07. The van der Waals surface area contributed by atoms with Gasteiger partial charge in [0.15, 0.2) is 0 Å². The highest BCUT2D eigenvalue weighted by Crippen LogP contribution is 2.27. The Morgan fingerprint density at radius 1 is 1.25 bits per heavy atom. The Morgan fingerprint density at radius 2 is 2.00 bits per heavy atom. The maximum Gasteiger partial charge on any atom is 0.233 e. The van der Waals surface area contributed by atoms with Crippen LogP contribution in [0, 0.1) is 11.3 Å². The van der Waals surface area contributed by atoms with Crippen LogP contribution in [0.2, 0.25) is 0 Å². The Hall–Kier alpha value is -2.59. The SMILES string of the molecule is CC(C)NC(O)CCOc1ncc2ccn(Cc3ccccc3)c2c1C#N.Cl. The van der Waals surface area contributed by atoms with Crippen LogP contribution in [-0.2, 0) is 6.54 Å². The number of halogens is 1. The Labute approximate surface area is 171 Å². The topological polar surface area (TPSA) is 83.1 Å². The van der Waals surface area contributed by atoms with E-state index >= 15 is 0 Å². The van der Waals surface area contributed by atoms with Crippen molar-refractivity contribution in [2.24, 2.45) is 0 Å². The average molecular weight is 401 g/mol.